The molecule has 0 bridgehead atoms. The summed E-state index contributed by atoms with van der Waals surface area (Å²) in [5.41, 5.74) is 3.08. The summed E-state index contributed by atoms with van der Waals surface area (Å²) in [4.78, 5) is 13.7. The van der Waals surface area contributed by atoms with Gasteiger partial charge < -0.3 is 15.0 Å². The maximum Gasteiger partial charge on any atom is 0.293 e. The zero-order valence-corrected chi connectivity index (χ0v) is 18.8. The molecule has 2 aromatic carbocycles. The molecule has 5 nitrogen and oxygen atoms in total. The van der Waals surface area contributed by atoms with Crippen molar-refractivity contribution in [3.8, 4) is 0 Å². The highest BCUT2D eigenvalue weighted by Gasteiger charge is 2.19. The number of carbonyl (C=O) groups is 1. The molecule has 0 amide bonds. The zero-order chi connectivity index (χ0) is 21.4. The van der Waals surface area contributed by atoms with Crippen LogP contribution in [-0.2, 0) is 20.3 Å². The molecule has 29 heavy (non-hydrogen) atoms. The standard InChI is InChI=1S/C18H22N2OS.C5H10O2/c1-14-7-8-17(15(2)13-14)22(21)18-6-4-3-5-16(18)20-11-9-19-10-12-20;1-5(2,3)7-4-6/h3-8,13,19H,9-12H2,1-2H3;4H,1-3H3. The molecule has 158 valence electrons. The number of piperazine rings is 1. The van der Waals surface area contributed by atoms with Crippen molar-refractivity contribution in [2.75, 3.05) is 31.1 Å². The zero-order valence-electron chi connectivity index (χ0n) is 18.0. The molecule has 0 saturated carbocycles. The monoisotopic (exact) mass is 416 g/mol. The number of nitrogens with zero attached hydrogens (tertiary/aromatic N) is 1. The first kappa shape index (κ1) is 23.1. The molecule has 1 unspecified atom stereocenters. The highest BCUT2D eigenvalue weighted by molar-refractivity contribution is 7.85. The summed E-state index contributed by atoms with van der Waals surface area (Å²) >= 11 is 0. The van der Waals surface area contributed by atoms with Crippen molar-refractivity contribution in [3.05, 3.63) is 53.6 Å². The molecule has 3 rings (SSSR count). The Labute approximate surface area is 176 Å². The fraction of sp³-hybridized carbons (Fsp3) is 0.435. The molecule has 1 aliphatic rings. The average molecular weight is 417 g/mol. The number of benzene rings is 2. The lowest BCUT2D eigenvalue weighted by atomic mass is 10.2. The van der Waals surface area contributed by atoms with Gasteiger partial charge in [-0.25, -0.2) is 4.21 Å². The SMILES string of the molecule is CC(C)(C)OC=O.Cc1ccc(S(=O)c2ccccc2N2CCNCC2)c(C)c1. The maximum absolute atomic E-state index is 13.1. The molecule has 1 saturated heterocycles. The van der Waals surface area contributed by atoms with Crippen molar-refractivity contribution in [3.63, 3.8) is 0 Å². The summed E-state index contributed by atoms with van der Waals surface area (Å²) in [7, 11) is -1.14. The lowest BCUT2D eigenvalue weighted by Gasteiger charge is -2.31. The summed E-state index contributed by atoms with van der Waals surface area (Å²) in [6, 6.07) is 14.2. The maximum atomic E-state index is 13.1. The Morgan fingerprint density at radius 2 is 1.69 bits per heavy atom. The fourth-order valence-electron chi connectivity index (χ4n) is 3.05. The Bertz CT molecular complexity index is 840. The van der Waals surface area contributed by atoms with Crippen molar-refractivity contribution in [1.82, 2.24) is 5.32 Å². The second kappa shape index (κ2) is 10.6. The normalized spacial score (nSPS) is 15.1. The van der Waals surface area contributed by atoms with Crippen molar-refractivity contribution >= 4 is 23.0 Å². The summed E-state index contributed by atoms with van der Waals surface area (Å²) in [5, 5.41) is 3.36. The van der Waals surface area contributed by atoms with Gasteiger partial charge in [0.15, 0.2) is 0 Å². The molecule has 0 radical (unpaired) electrons. The van der Waals surface area contributed by atoms with E-state index in [1.165, 1.54) is 5.56 Å². The Morgan fingerprint density at radius 1 is 1.03 bits per heavy atom. The number of rotatable bonds is 4. The molecule has 0 aliphatic carbocycles. The molecule has 6 heteroatoms. The van der Waals surface area contributed by atoms with Gasteiger partial charge >= 0.3 is 0 Å². The van der Waals surface area contributed by atoms with Gasteiger partial charge in [-0.1, -0.05) is 29.8 Å². The van der Waals surface area contributed by atoms with Crippen LogP contribution in [0.2, 0.25) is 0 Å². The van der Waals surface area contributed by atoms with E-state index in [2.05, 4.69) is 34.0 Å². The van der Waals surface area contributed by atoms with Crippen LogP contribution >= 0.6 is 0 Å². The molecule has 0 spiro atoms. The Hall–Kier alpha value is -2.18. The minimum atomic E-state index is -1.14. The van der Waals surface area contributed by atoms with Gasteiger partial charge in [-0.15, -0.1) is 0 Å². The lowest BCUT2D eigenvalue weighted by molar-refractivity contribution is -0.138. The van der Waals surface area contributed by atoms with E-state index in [1.807, 2.05) is 58.0 Å². The first-order valence-electron chi connectivity index (χ1n) is 9.88. The highest BCUT2D eigenvalue weighted by Crippen LogP contribution is 2.29. The van der Waals surface area contributed by atoms with Gasteiger partial charge in [0.25, 0.3) is 6.47 Å². The number of anilines is 1. The molecule has 1 aliphatic heterocycles. The molecule has 1 atom stereocenters. The Balaban J connectivity index is 0.000000370. The predicted octanol–water partition coefficient (Wildman–Crippen LogP) is 3.84. The first-order valence-corrected chi connectivity index (χ1v) is 11.0. The van der Waals surface area contributed by atoms with Gasteiger partial charge in [-0.05, 0) is 58.4 Å². The van der Waals surface area contributed by atoms with E-state index in [9.17, 15) is 9.00 Å². The van der Waals surface area contributed by atoms with Crippen LogP contribution in [-0.4, -0.2) is 42.5 Å². The second-order valence-corrected chi connectivity index (χ2v) is 9.49. The smallest absolute Gasteiger partial charge is 0.293 e. The fourth-order valence-corrected chi connectivity index (χ4v) is 4.42. The van der Waals surface area contributed by atoms with Crippen LogP contribution in [0, 0.1) is 13.8 Å². The number of carbonyl (C=O) groups excluding carboxylic acids is 1. The van der Waals surface area contributed by atoms with E-state index in [4.69, 9.17) is 0 Å². The van der Waals surface area contributed by atoms with E-state index in [0.29, 0.717) is 6.47 Å². The third kappa shape index (κ3) is 6.98. The van der Waals surface area contributed by atoms with E-state index >= 15 is 0 Å². The van der Waals surface area contributed by atoms with E-state index in [-0.39, 0.29) is 5.60 Å². The summed E-state index contributed by atoms with van der Waals surface area (Å²) < 4.78 is 17.7. The van der Waals surface area contributed by atoms with E-state index in [0.717, 1.165) is 47.2 Å². The van der Waals surface area contributed by atoms with Crippen LogP contribution in [0.25, 0.3) is 0 Å². The lowest BCUT2D eigenvalue weighted by Crippen LogP contribution is -2.43. The molecular formula is C23H32N2O3S. The van der Waals surface area contributed by atoms with Crippen molar-refractivity contribution < 1.29 is 13.7 Å². The van der Waals surface area contributed by atoms with E-state index < -0.39 is 10.8 Å². The van der Waals surface area contributed by atoms with Gasteiger partial charge in [0.2, 0.25) is 0 Å². The summed E-state index contributed by atoms with van der Waals surface area (Å²) in [6.45, 7) is 13.9. The van der Waals surface area contributed by atoms with Gasteiger partial charge in [0, 0.05) is 31.1 Å². The number of ether oxygens (including phenoxy) is 1. The number of hydrogen-bond donors (Lipinski definition) is 1. The van der Waals surface area contributed by atoms with Crippen LogP contribution in [0.15, 0.2) is 52.3 Å². The van der Waals surface area contributed by atoms with Gasteiger partial charge in [-0.2, -0.15) is 0 Å². The summed E-state index contributed by atoms with van der Waals surface area (Å²) in [6.07, 6.45) is 0. The molecule has 0 aromatic heterocycles. The topological polar surface area (TPSA) is 58.6 Å². The van der Waals surface area contributed by atoms with Crippen LogP contribution < -0.4 is 10.2 Å². The average Bonchev–Trinajstić information content (AvgIpc) is 2.68. The predicted molar refractivity (Wildman–Crippen MR) is 119 cm³/mol. The van der Waals surface area contributed by atoms with Crippen molar-refractivity contribution in [2.45, 2.75) is 50.0 Å². The minimum absolute atomic E-state index is 0.318. The third-order valence-electron chi connectivity index (χ3n) is 4.45. The first-order chi connectivity index (χ1) is 13.7. The van der Waals surface area contributed by atoms with Crippen LogP contribution in [0.3, 0.4) is 0 Å². The number of aryl methyl sites for hydroxylation is 2. The van der Waals surface area contributed by atoms with Crippen LogP contribution in [0.4, 0.5) is 5.69 Å². The van der Waals surface area contributed by atoms with Gasteiger partial charge in [0.05, 0.1) is 21.4 Å². The van der Waals surface area contributed by atoms with Crippen molar-refractivity contribution in [2.24, 2.45) is 0 Å². The van der Waals surface area contributed by atoms with Gasteiger partial charge in [-0.3, -0.25) is 4.79 Å². The molecular weight excluding hydrogens is 384 g/mol. The minimum Gasteiger partial charge on any atom is -0.462 e. The number of nitrogens with one attached hydrogen (secondary N) is 1. The number of hydrogen-bond acceptors (Lipinski definition) is 5. The van der Waals surface area contributed by atoms with E-state index in [1.54, 1.807) is 0 Å². The van der Waals surface area contributed by atoms with Crippen LogP contribution in [0.5, 0.6) is 0 Å². The second-order valence-electron chi connectivity index (χ2n) is 8.07. The quantitative estimate of drug-likeness (QED) is 0.768. The highest BCUT2D eigenvalue weighted by atomic mass is 32.2. The molecule has 1 fully saturated rings. The molecule has 1 heterocycles. The Morgan fingerprint density at radius 3 is 2.24 bits per heavy atom. The third-order valence-corrected chi connectivity index (χ3v) is 6.06. The largest absolute Gasteiger partial charge is 0.462 e. The summed E-state index contributed by atoms with van der Waals surface area (Å²) in [5.74, 6) is 0. The van der Waals surface area contributed by atoms with Crippen LogP contribution in [0.1, 0.15) is 31.9 Å². The Kier molecular flexibility index (Phi) is 8.41. The number of para-hydroxylation sites is 1. The van der Waals surface area contributed by atoms with Gasteiger partial charge in [0.1, 0.15) is 5.60 Å². The molecule has 1 N–H and O–H groups in total. The van der Waals surface area contributed by atoms with Crippen molar-refractivity contribution in [1.29, 1.82) is 0 Å². The molecule has 2 aromatic rings.